The minimum Gasteiger partial charge on any atom is -0.489 e. The van der Waals surface area contributed by atoms with Crippen molar-refractivity contribution >= 4 is 74.4 Å². The summed E-state index contributed by atoms with van der Waals surface area (Å²) in [6.45, 7) is 2.50. The first-order valence-electron chi connectivity index (χ1n) is 15.5. The molecule has 1 aliphatic rings. The van der Waals surface area contributed by atoms with Gasteiger partial charge in [0.25, 0.3) is 11.8 Å². The number of carbonyl (C=O) groups excluding carboxylic acids is 3. The molecule has 0 aliphatic carbocycles. The third-order valence-corrected chi connectivity index (χ3v) is 9.06. The summed E-state index contributed by atoms with van der Waals surface area (Å²) in [7, 11) is 0. The zero-order chi connectivity index (χ0) is 34.1. The number of imide groups is 2. The Morgan fingerprint density at radius 3 is 2.18 bits per heavy atom. The number of urea groups is 1. The number of ether oxygens (including phenoxy) is 2. The largest absolute Gasteiger partial charge is 0.489 e. The van der Waals surface area contributed by atoms with E-state index in [9.17, 15) is 14.4 Å². The number of hydrogen-bond donors (Lipinski definition) is 1. The standard InChI is InChI=1S/C40H28Cl2N2O5/c1-24-10-11-25-6-3-5-9-32(25)35(24)23-49-37-19-13-26-7-2-4-8-31(26)33(37)21-34-38(45)43-40(47)44(39(34)46)29-15-17-30(18-16-29)48-22-27-12-14-28(41)20-36(27)42/h2-21H,22-23H2,1H3,(H,43,45,47)/b34-21+. The summed E-state index contributed by atoms with van der Waals surface area (Å²) in [4.78, 5) is 41.1. The summed E-state index contributed by atoms with van der Waals surface area (Å²) in [6.07, 6.45) is 1.50. The molecule has 1 heterocycles. The molecule has 6 aromatic carbocycles. The Kier molecular flexibility index (Phi) is 8.78. The molecule has 0 bridgehead atoms. The van der Waals surface area contributed by atoms with Crippen LogP contribution in [0.2, 0.25) is 10.0 Å². The van der Waals surface area contributed by atoms with E-state index in [1.165, 1.54) is 6.08 Å². The molecule has 0 saturated carbocycles. The highest BCUT2D eigenvalue weighted by molar-refractivity contribution is 6.39. The number of benzene rings is 6. The molecule has 7 nitrogen and oxygen atoms in total. The highest BCUT2D eigenvalue weighted by atomic mass is 35.5. The van der Waals surface area contributed by atoms with E-state index < -0.39 is 17.8 Å². The maximum Gasteiger partial charge on any atom is 0.335 e. The van der Waals surface area contributed by atoms with Gasteiger partial charge in [0.2, 0.25) is 0 Å². The van der Waals surface area contributed by atoms with Crippen LogP contribution in [0.3, 0.4) is 0 Å². The number of aryl methyl sites for hydroxylation is 1. The third kappa shape index (κ3) is 6.46. The van der Waals surface area contributed by atoms with Gasteiger partial charge in [-0.1, -0.05) is 96.0 Å². The average molecular weight is 688 g/mol. The lowest BCUT2D eigenvalue weighted by molar-refractivity contribution is -0.122. The van der Waals surface area contributed by atoms with Crippen molar-refractivity contribution in [2.45, 2.75) is 20.1 Å². The minimum atomic E-state index is -0.852. The molecule has 0 radical (unpaired) electrons. The van der Waals surface area contributed by atoms with Crippen LogP contribution in [0, 0.1) is 6.92 Å². The molecular weight excluding hydrogens is 659 g/mol. The number of barbiturate groups is 1. The predicted molar refractivity (Wildman–Crippen MR) is 193 cm³/mol. The summed E-state index contributed by atoms with van der Waals surface area (Å²) in [5.74, 6) is -0.579. The number of amides is 4. The van der Waals surface area contributed by atoms with Gasteiger partial charge in [0, 0.05) is 26.7 Å². The Morgan fingerprint density at radius 2 is 1.43 bits per heavy atom. The van der Waals surface area contributed by atoms with E-state index in [1.807, 2.05) is 55.5 Å². The van der Waals surface area contributed by atoms with Crippen molar-refractivity contribution in [3.63, 3.8) is 0 Å². The van der Waals surface area contributed by atoms with Crippen molar-refractivity contribution in [2.24, 2.45) is 0 Å². The molecule has 1 aliphatic heterocycles. The summed E-state index contributed by atoms with van der Waals surface area (Å²) in [5, 5.41) is 7.19. The quantitative estimate of drug-likeness (QED) is 0.127. The van der Waals surface area contributed by atoms with Gasteiger partial charge in [-0.2, -0.15) is 0 Å². The lowest BCUT2D eigenvalue weighted by atomic mass is 9.99. The van der Waals surface area contributed by atoms with Crippen molar-refractivity contribution in [3.05, 3.63) is 153 Å². The molecule has 9 heteroatoms. The van der Waals surface area contributed by atoms with Gasteiger partial charge in [-0.25, -0.2) is 9.69 Å². The summed E-state index contributed by atoms with van der Waals surface area (Å²) in [6, 6.07) is 34.4. The lowest BCUT2D eigenvalue weighted by Gasteiger charge is -2.26. The number of nitrogens with zero attached hydrogens (tertiary/aromatic N) is 1. The second-order valence-corrected chi connectivity index (χ2v) is 12.4. The van der Waals surface area contributed by atoms with Crippen LogP contribution in [0.1, 0.15) is 22.3 Å². The van der Waals surface area contributed by atoms with Crippen molar-refractivity contribution in [3.8, 4) is 11.5 Å². The molecule has 242 valence electrons. The van der Waals surface area contributed by atoms with Crippen LogP contribution in [0.5, 0.6) is 11.5 Å². The number of halogens is 2. The highest BCUT2D eigenvalue weighted by Crippen LogP contribution is 2.34. The van der Waals surface area contributed by atoms with E-state index in [0.717, 1.165) is 43.1 Å². The molecule has 0 aromatic heterocycles. The Hall–Kier alpha value is -5.63. The number of fused-ring (bicyclic) bond motifs is 2. The van der Waals surface area contributed by atoms with Crippen LogP contribution in [-0.4, -0.2) is 17.8 Å². The molecule has 1 N–H and O–H groups in total. The predicted octanol–water partition coefficient (Wildman–Crippen LogP) is 9.43. The summed E-state index contributed by atoms with van der Waals surface area (Å²) < 4.78 is 12.3. The van der Waals surface area contributed by atoms with Crippen molar-refractivity contribution in [2.75, 3.05) is 4.90 Å². The third-order valence-electron chi connectivity index (χ3n) is 8.47. The highest BCUT2D eigenvalue weighted by Gasteiger charge is 2.37. The van der Waals surface area contributed by atoms with Gasteiger partial charge in [-0.05, 0) is 82.6 Å². The van der Waals surface area contributed by atoms with E-state index in [0.29, 0.717) is 27.1 Å². The average Bonchev–Trinajstić information content (AvgIpc) is 3.10. The monoisotopic (exact) mass is 686 g/mol. The first-order chi connectivity index (χ1) is 23.8. The molecule has 6 aromatic rings. The van der Waals surface area contributed by atoms with Gasteiger partial charge in [-0.3, -0.25) is 14.9 Å². The first kappa shape index (κ1) is 31.9. The topological polar surface area (TPSA) is 84.9 Å². The van der Waals surface area contributed by atoms with Gasteiger partial charge >= 0.3 is 6.03 Å². The van der Waals surface area contributed by atoms with Crippen LogP contribution < -0.4 is 19.7 Å². The van der Waals surface area contributed by atoms with Crippen LogP contribution in [0.4, 0.5) is 10.5 Å². The van der Waals surface area contributed by atoms with Gasteiger partial charge in [0.05, 0.1) is 5.69 Å². The number of hydrogen-bond acceptors (Lipinski definition) is 5. The summed E-state index contributed by atoms with van der Waals surface area (Å²) >= 11 is 12.2. The molecule has 49 heavy (non-hydrogen) atoms. The lowest BCUT2D eigenvalue weighted by Crippen LogP contribution is -2.54. The Bertz CT molecular complexity index is 2320. The zero-order valence-corrected chi connectivity index (χ0v) is 27.7. The second kappa shape index (κ2) is 13.5. The van der Waals surface area contributed by atoms with E-state index in [1.54, 1.807) is 42.5 Å². The maximum atomic E-state index is 13.9. The number of nitrogens with one attached hydrogen (secondary N) is 1. The number of anilines is 1. The van der Waals surface area contributed by atoms with Crippen LogP contribution in [0.15, 0.2) is 121 Å². The van der Waals surface area contributed by atoms with Crippen LogP contribution in [-0.2, 0) is 22.8 Å². The normalized spacial score (nSPS) is 14.1. The molecule has 0 spiro atoms. The molecule has 0 unspecified atom stereocenters. The first-order valence-corrected chi connectivity index (χ1v) is 16.2. The second-order valence-electron chi connectivity index (χ2n) is 11.5. The van der Waals surface area contributed by atoms with Crippen molar-refractivity contribution < 1.29 is 23.9 Å². The van der Waals surface area contributed by atoms with Gasteiger partial charge in [0.15, 0.2) is 0 Å². The van der Waals surface area contributed by atoms with E-state index >= 15 is 0 Å². The van der Waals surface area contributed by atoms with Gasteiger partial charge < -0.3 is 9.47 Å². The summed E-state index contributed by atoms with van der Waals surface area (Å²) in [5.41, 5.74) is 3.47. The number of rotatable bonds is 8. The molecule has 4 amide bonds. The van der Waals surface area contributed by atoms with Crippen LogP contribution in [0.25, 0.3) is 27.6 Å². The Balaban J connectivity index is 1.19. The van der Waals surface area contributed by atoms with Crippen LogP contribution >= 0.6 is 23.2 Å². The maximum absolute atomic E-state index is 13.9. The fourth-order valence-electron chi connectivity index (χ4n) is 5.86. The SMILES string of the molecule is Cc1ccc2ccccc2c1COc1ccc2ccccc2c1/C=C1\C(=O)NC(=O)N(c2ccc(OCc3ccc(Cl)cc3Cl)cc2)C1=O. The minimum absolute atomic E-state index is 0.190. The Morgan fingerprint density at radius 1 is 0.735 bits per heavy atom. The van der Waals surface area contributed by atoms with Crippen molar-refractivity contribution in [1.82, 2.24) is 5.32 Å². The van der Waals surface area contributed by atoms with Gasteiger partial charge in [-0.15, -0.1) is 0 Å². The molecular formula is C40H28Cl2N2O5. The molecule has 1 fully saturated rings. The zero-order valence-electron chi connectivity index (χ0n) is 26.2. The Labute approximate surface area is 292 Å². The smallest absolute Gasteiger partial charge is 0.335 e. The molecule has 7 rings (SSSR count). The van der Waals surface area contributed by atoms with E-state index in [-0.39, 0.29) is 24.5 Å². The fourth-order valence-corrected chi connectivity index (χ4v) is 6.33. The van der Waals surface area contributed by atoms with Gasteiger partial charge in [0.1, 0.15) is 30.3 Å². The molecule has 0 atom stereocenters. The fraction of sp³-hybridized carbons (Fsp3) is 0.0750. The number of carbonyl (C=O) groups is 3. The van der Waals surface area contributed by atoms with E-state index in [4.69, 9.17) is 32.7 Å². The molecule has 1 saturated heterocycles. The van der Waals surface area contributed by atoms with E-state index in [2.05, 4.69) is 29.6 Å². The van der Waals surface area contributed by atoms with Crippen molar-refractivity contribution in [1.29, 1.82) is 0 Å².